The number of benzene rings is 2. The predicted octanol–water partition coefficient (Wildman–Crippen LogP) is 2.92. The molecule has 0 radical (unpaired) electrons. The maximum atomic E-state index is 12.5. The van der Waals surface area contributed by atoms with Crippen LogP contribution in [0.2, 0.25) is 0 Å². The largest absolute Gasteiger partial charge is 0.312 e. The highest BCUT2D eigenvalue weighted by Crippen LogP contribution is 2.34. The van der Waals surface area contributed by atoms with Gasteiger partial charge in [-0.2, -0.15) is 0 Å². The van der Waals surface area contributed by atoms with E-state index in [0.717, 1.165) is 22.6 Å². The highest BCUT2D eigenvalue weighted by Gasteiger charge is 2.34. The SMILES string of the molecule is Cc1ccc(N2CC(c3nnc(NC(=O)CS(=O)(=O)Cc4ccccc4)s3)CC2=O)cc1. The Kier molecular flexibility index (Phi) is 6.33. The van der Waals surface area contributed by atoms with Crippen molar-refractivity contribution in [2.24, 2.45) is 0 Å². The summed E-state index contributed by atoms with van der Waals surface area (Å²) in [6, 6.07) is 16.5. The van der Waals surface area contributed by atoms with E-state index >= 15 is 0 Å². The van der Waals surface area contributed by atoms with Crippen molar-refractivity contribution < 1.29 is 18.0 Å². The molecule has 3 aromatic rings. The second-order valence-electron chi connectivity index (χ2n) is 7.75. The van der Waals surface area contributed by atoms with Crippen LogP contribution in [0, 0.1) is 6.92 Å². The Labute approximate surface area is 190 Å². The number of carbonyl (C=O) groups is 2. The zero-order valence-corrected chi connectivity index (χ0v) is 19.0. The van der Waals surface area contributed by atoms with Crippen molar-refractivity contribution in [2.75, 3.05) is 22.5 Å². The average molecular weight is 471 g/mol. The lowest BCUT2D eigenvalue weighted by molar-refractivity contribution is -0.117. The Balaban J connectivity index is 1.36. The standard InChI is InChI=1S/C22H22N4O4S2/c1-15-7-9-18(10-8-15)26-12-17(11-20(26)28)21-24-25-22(31-21)23-19(27)14-32(29,30)13-16-5-3-2-4-6-16/h2-10,17H,11-14H2,1H3,(H,23,25,27). The van der Waals surface area contributed by atoms with Crippen LogP contribution < -0.4 is 10.2 Å². The molecule has 0 spiro atoms. The van der Waals surface area contributed by atoms with E-state index in [-0.39, 0.29) is 22.7 Å². The lowest BCUT2D eigenvalue weighted by Crippen LogP contribution is -2.24. The first-order valence-electron chi connectivity index (χ1n) is 10.0. The van der Waals surface area contributed by atoms with E-state index in [1.165, 1.54) is 0 Å². The molecule has 0 saturated carbocycles. The van der Waals surface area contributed by atoms with Gasteiger partial charge in [-0.05, 0) is 24.6 Å². The molecule has 1 aliphatic rings. The number of anilines is 2. The van der Waals surface area contributed by atoms with Gasteiger partial charge in [0, 0.05) is 24.6 Å². The zero-order valence-electron chi connectivity index (χ0n) is 17.4. The van der Waals surface area contributed by atoms with Crippen LogP contribution in [0.3, 0.4) is 0 Å². The minimum Gasteiger partial charge on any atom is -0.312 e. The summed E-state index contributed by atoms with van der Waals surface area (Å²) in [5, 5.41) is 11.5. The first-order chi connectivity index (χ1) is 15.3. The summed E-state index contributed by atoms with van der Waals surface area (Å²) in [5.74, 6) is -1.63. The van der Waals surface area contributed by atoms with Gasteiger partial charge in [-0.3, -0.25) is 14.9 Å². The minimum atomic E-state index is -3.62. The molecule has 32 heavy (non-hydrogen) atoms. The average Bonchev–Trinajstić information content (AvgIpc) is 3.35. The maximum absolute atomic E-state index is 12.5. The Morgan fingerprint density at radius 1 is 1.12 bits per heavy atom. The number of sulfone groups is 1. The van der Waals surface area contributed by atoms with E-state index in [4.69, 9.17) is 0 Å². The Morgan fingerprint density at radius 3 is 2.56 bits per heavy atom. The summed E-state index contributed by atoms with van der Waals surface area (Å²) in [6.07, 6.45) is 0.307. The third-order valence-electron chi connectivity index (χ3n) is 5.09. The van der Waals surface area contributed by atoms with E-state index in [2.05, 4.69) is 15.5 Å². The quantitative estimate of drug-likeness (QED) is 0.569. The summed E-state index contributed by atoms with van der Waals surface area (Å²) in [5.41, 5.74) is 2.58. The van der Waals surface area contributed by atoms with Gasteiger partial charge in [-0.25, -0.2) is 8.42 Å². The fourth-order valence-electron chi connectivity index (χ4n) is 3.53. The van der Waals surface area contributed by atoms with Crippen LogP contribution >= 0.6 is 11.3 Å². The molecule has 166 valence electrons. The molecule has 1 aliphatic heterocycles. The molecule has 0 bridgehead atoms. The fraction of sp³-hybridized carbons (Fsp3) is 0.273. The van der Waals surface area contributed by atoms with Crippen molar-refractivity contribution >= 4 is 43.8 Å². The monoisotopic (exact) mass is 470 g/mol. The number of aromatic nitrogens is 2. The van der Waals surface area contributed by atoms with Gasteiger partial charge in [-0.15, -0.1) is 10.2 Å². The zero-order chi connectivity index (χ0) is 22.7. The van der Waals surface area contributed by atoms with Crippen molar-refractivity contribution in [3.05, 3.63) is 70.7 Å². The molecule has 1 fully saturated rings. The molecule has 0 aliphatic carbocycles. The van der Waals surface area contributed by atoms with Crippen molar-refractivity contribution in [3.63, 3.8) is 0 Å². The third kappa shape index (κ3) is 5.38. The number of aryl methyl sites for hydroxylation is 1. The van der Waals surface area contributed by atoms with Crippen molar-refractivity contribution in [1.82, 2.24) is 10.2 Å². The number of amides is 2. The molecule has 8 nitrogen and oxygen atoms in total. The molecule has 1 aromatic heterocycles. The molecule has 1 N–H and O–H groups in total. The summed E-state index contributed by atoms with van der Waals surface area (Å²) < 4.78 is 24.6. The van der Waals surface area contributed by atoms with Crippen molar-refractivity contribution in [3.8, 4) is 0 Å². The summed E-state index contributed by atoms with van der Waals surface area (Å²) in [7, 11) is -3.62. The van der Waals surface area contributed by atoms with E-state index in [0.29, 0.717) is 23.5 Å². The molecule has 1 unspecified atom stereocenters. The van der Waals surface area contributed by atoms with Crippen LogP contribution in [0.1, 0.15) is 28.5 Å². The summed E-state index contributed by atoms with van der Waals surface area (Å²) in [4.78, 5) is 26.5. The second kappa shape index (κ2) is 9.17. The van der Waals surface area contributed by atoms with Crippen molar-refractivity contribution in [2.45, 2.75) is 25.0 Å². The van der Waals surface area contributed by atoms with E-state index in [9.17, 15) is 18.0 Å². The maximum Gasteiger partial charge on any atom is 0.241 e. The van der Waals surface area contributed by atoms with Crippen LogP contribution in [-0.2, 0) is 25.2 Å². The molecular weight excluding hydrogens is 448 g/mol. The van der Waals surface area contributed by atoms with E-state index in [1.54, 1.807) is 35.2 Å². The molecule has 4 rings (SSSR count). The molecule has 2 amide bonds. The number of nitrogens with zero attached hydrogens (tertiary/aromatic N) is 3. The van der Waals surface area contributed by atoms with E-state index < -0.39 is 21.5 Å². The van der Waals surface area contributed by atoms with Crippen LogP contribution in [0.25, 0.3) is 0 Å². The first-order valence-corrected chi connectivity index (χ1v) is 12.7. The molecular formula is C22H22N4O4S2. The highest BCUT2D eigenvalue weighted by molar-refractivity contribution is 7.91. The normalized spacial score (nSPS) is 16.3. The minimum absolute atomic E-state index is 0.00615. The molecule has 2 aromatic carbocycles. The van der Waals surface area contributed by atoms with Crippen LogP contribution in [0.15, 0.2) is 54.6 Å². The number of hydrogen-bond donors (Lipinski definition) is 1. The van der Waals surface area contributed by atoms with Gasteiger partial charge in [0.15, 0.2) is 9.84 Å². The Hall–Kier alpha value is -3.11. The van der Waals surface area contributed by atoms with Gasteiger partial charge in [-0.1, -0.05) is 59.4 Å². The third-order valence-corrected chi connectivity index (χ3v) is 7.56. The molecule has 1 saturated heterocycles. The van der Waals surface area contributed by atoms with E-state index in [1.807, 2.05) is 31.2 Å². The summed E-state index contributed by atoms with van der Waals surface area (Å²) in [6.45, 7) is 2.47. The fourth-order valence-corrected chi connectivity index (χ4v) is 5.66. The van der Waals surface area contributed by atoms with Gasteiger partial charge in [0.1, 0.15) is 10.8 Å². The van der Waals surface area contributed by atoms with Gasteiger partial charge >= 0.3 is 0 Å². The van der Waals surface area contributed by atoms with Gasteiger partial charge in [0.2, 0.25) is 16.9 Å². The van der Waals surface area contributed by atoms with Gasteiger partial charge < -0.3 is 4.90 Å². The molecule has 10 heteroatoms. The molecule has 2 heterocycles. The lowest BCUT2D eigenvalue weighted by Gasteiger charge is -2.16. The second-order valence-corrected chi connectivity index (χ2v) is 10.8. The lowest BCUT2D eigenvalue weighted by atomic mass is 10.1. The Bertz CT molecular complexity index is 1220. The van der Waals surface area contributed by atoms with Gasteiger partial charge in [0.05, 0.1) is 5.75 Å². The first kappa shape index (κ1) is 22.1. The number of carbonyl (C=O) groups excluding carboxylic acids is 2. The molecule has 1 atom stereocenters. The van der Waals surface area contributed by atoms with Crippen LogP contribution in [-0.4, -0.2) is 42.7 Å². The predicted molar refractivity (Wildman–Crippen MR) is 123 cm³/mol. The number of hydrogen-bond acceptors (Lipinski definition) is 7. The van der Waals surface area contributed by atoms with Crippen molar-refractivity contribution in [1.29, 1.82) is 0 Å². The summed E-state index contributed by atoms with van der Waals surface area (Å²) >= 11 is 1.16. The topological polar surface area (TPSA) is 109 Å². The smallest absolute Gasteiger partial charge is 0.241 e. The van der Waals surface area contributed by atoms with Crippen LogP contribution in [0.5, 0.6) is 0 Å². The highest BCUT2D eigenvalue weighted by atomic mass is 32.2. The number of rotatable bonds is 7. The van der Waals surface area contributed by atoms with Gasteiger partial charge in [0.25, 0.3) is 0 Å². The number of nitrogens with one attached hydrogen (secondary N) is 1. The Morgan fingerprint density at radius 2 is 1.84 bits per heavy atom. The van der Waals surface area contributed by atoms with Crippen LogP contribution in [0.4, 0.5) is 10.8 Å².